The molecule has 1 heteroatoms. The van der Waals surface area contributed by atoms with Gasteiger partial charge in [-0.3, -0.25) is 0 Å². The summed E-state index contributed by atoms with van der Waals surface area (Å²) in [5.74, 6) is 0. The fraction of sp³-hybridized carbons (Fsp3) is 0.0385. The van der Waals surface area contributed by atoms with E-state index < -0.39 is 0 Å². The molecule has 0 saturated heterocycles. The second kappa shape index (κ2) is 11.4. The molecule has 138 valence electrons. The van der Waals surface area contributed by atoms with Crippen LogP contribution in [-0.2, 0) is 20.0 Å². The molecule has 27 heavy (non-hydrogen) atoms. The van der Waals surface area contributed by atoms with Crippen molar-refractivity contribution >= 4 is 36.6 Å². The van der Waals surface area contributed by atoms with Crippen molar-refractivity contribution in [2.75, 3.05) is 0 Å². The first-order valence-electron chi connectivity index (χ1n) is 8.42. The number of rotatable bonds is 0. The summed E-state index contributed by atoms with van der Waals surface area (Å²) in [5, 5.41) is 8.05. The molecular formula is C26H26Ti-4. The van der Waals surface area contributed by atoms with Crippen molar-refractivity contribution in [3.8, 4) is 0 Å². The summed E-state index contributed by atoms with van der Waals surface area (Å²) < 4.78 is 2.00. The summed E-state index contributed by atoms with van der Waals surface area (Å²) in [4.78, 5) is 0. The molecule has 0 nitrogen and oxygen atoms in total. The van der Waals surface area contributed by atoms with Crippen LogP contribution in [0.4, 0.5) is 0 Å². The van der Waals surface area contributed by atoms with Crippen LogP contribution in [0.3, 0.4) is 0 Å². The van der Waals surface area contributed by atoms with Crippen molar-refractivity contribution in [1.29, 1.82) is 0 Å². The van der Waals surface area contributed by atoms with Crippen LogP contribution in [0.5, 0.6) is 0 Å². The zero-order chi connectivity index (χ0) is 17.5. The predicted octanol–water partition coefficient (Wildman–Crippen LogP) is 7.53. The Balaban J connectivity index is 0.000000231. The Morgan fingerprint density at radius 2 is 1.11 bits per heavy atom. The van der Waals surface area contributed by atoms with Gasteiger partial charge in [-0.05, 0) is 0 Å². The van der Waals surface area contributed by atoms with Gasteiger partial charge in [-0.25, -0.2) is 0 Å². The molecule has 5 aromatic carbocycles. The SMILES string of the molecule is C[CH]=[Ti].[CH3-].[CH3-].c1ccc2[cH-]ccc2c1.c1ccc2c(c1)[cH-]c1ccccc12. The Kier molecular flexibility index (Phi) is 9.65. The van der Waals surface area contributed by atoms with Gasteiger partial charge in [-0.15, -0.1) is 69.4 Å². The zero-order valence-corrected chi connectivity index (χ0v) is 17.9. The van der Waals surface area contributed by atoms with Gasteiger partial charge >= 0.3 is 31.2 Å². The fourth-order valence-corrected chi connectivity index (χ4v) is 2.97. The molecule has 0 atom stereocenters. The van der Waals surface area contributed by atoms with Crippen LogP contribution in [0.2, 0.25) is 0 Å². The molecule has 0 amide bonds. The van der Waals surface area contributed by atoms with Gasteiger partial charge in [0.05, 0.1) is 0 Å². The van der Waals surface area contributed by atoms with E-state index in [1.165, 1.54) is 32.3 Å². The van der Waals surface area contributed by atoms with Crippen LogP contribution >= 0.6 is 0 Å². The van der Waals surface area contributed by atoms with Crippen molar-refractivity contribution in [1.82, 2.24) is 0 Å². The Morgan fingerprint density at radius 3 is 1.63 bits per heavy atom. The molecule has 0 bridgehead atoms. The molecule has 0 fully saturated rings. The van der Waals surface area contributed by atoms with Crippen LogP contribution in [-0.4, -0.2) is 4.31 Å². The van der Waals surface area contributed by atoms with Gasteiger partial charge in [0.1, 0.15) is 0 Å². The van der Waals surface area contributed by atoms with E-state index in [1.807, 2.05) is 31.2 Å². The average Bonchev–Trinajstić information content (AvgIpc) is 3.27. The average molecular weight is 386 g/mol. The van der Waals surface area contributed by atoms with Gasteiger partial charge < -0.3 is 14.9 Å². The first-order chi connectivity index (χ1) is 12.3. The smallest absolute Gasteiger partial charge is 0.0771 e. The third-order valence-corrected chi connectivity index (χ3v) is 4.07. The van der Waals surface area contributed by atoms with E-state index in [-0.39, 0.29) is 14.9 Å². The van der Waals surface area contributed by atoms with Crippen LogP contribution in [0, 0.1) is 14.9 Å². The second-order valence-corrected chi connectivity index (χ2v) is 6.66. The summed E-state index contributed by atoms with van der Waals surface area (Å²) in [6.07, 6.45) is 0. The molecule has 0 saturated carbocycles. The molecule has 5 aromatic rings. The maximum absolute atomic E-state index is 2.24. The fourth-order valence-electron chi connectivity index (χ4n) is 2.97. The normalized spacial score (nSPS) is 9.19. The number of hydrogen-bond acceptors (Lipinski definition) is 0. The van der Waals surface area contributed by atoms with Crippen molar-refractivity contribution < 1.29 is 20.0 Å². The number of benzene rings is 3. The Labute approximate surface area is 175 Å². The molecule has 0 heterocycles. The topological polar surface area (TPSA) is 0 Å². The minimum absolute atomic E-state index is 0. The van der Waals surface area contributed by atoms with Crippen LogP contribution in [0.1, 0.15) is 6.92 Å². The monoisotopic (exact) mass is 386 g/mol. The van der Waals surface area contributed by atoms with Crippen LogP contribution < -0.4 is 0 Å². The maximum Gasteiger partial charge on any atom is -0.0771 e. The summed E-state index contributed by atoms with van der Waals surface area (Å²) in [5.41, 5.74) is 0. The second-order valence-electron chi connectivity index (χ2n) is 5.76. The summed E-state index contributed by atoms with van der Waals surface area (Å²) in [7, 11) is 0. The third kappa shape index (κ3) is 5.60. The molecule has 0 spiro atoms. The van der Waals surface area contributed by atoms with E-state index in [1.54, 1.807) is 0 Å². The van der Waals surface area contributed by atoms with Crippen LogP contribution in [0.15, 0.2) is 97.1 Å². The number of hydrogen-bond donors (Lipinski definition) is 0. The van der Waals surface area contributed by atoms with Gasteiger partial charge in [-0.1, -0.05) is 42.5 Å². The Bertz CT molecular complexity index is 998. The van der Waals surface area contributed by atoms with Gasteiger partial charge in [0.25, 0.3) is 0 Å². The molecule has 0 unspecified atom stereocenters. The van der Waals surface area contributed by atoms with Crippen LogP contribution in [0.25, 0.3) is 32.3 Å². The van der Waals surface area contributed by atoms with E-state index in [2.05, 4.69) is 97.1 Å². The molecule has 0 aliphatic carbocycles. The number of fused-ring (bicyclic) bond motifs is 4. The molecular weight excluding hydrogens is 360 g/mol. The van der Waals surface area contributed by atoms with E-state index in [0.29, 0.717) is 0 Å². The van der Waals surface area contributed by atoms with Gasteiger partial charge in [0.15, 0.2) is 0 Å². The van der Waals surface area contributed by atoms with Crippen molar-refractivity contribution in [3.63, 3.8) is 0 Å². The van der Waals surface area contributed by atoms with E-state index in [4.69, 9.17) is 0 Å². The first-order valence-corrected chi connectivity index (χ1v) is 9.32. The van der Waals surface area contributed by atoms with E-state index in [0.717, 1.165) is 0 Å². The minimum atomic E-state index is 0. The molecule has 0 aromatic heterocycles. The first kappa shape index (κ1) is 22.8. The Hall–Kier alpha value is -2.28. The van der Waals surface area contributed by atoms with E-state index >= 15 is 0 Å². The summed E-state index contributed by atoms with van der Waals surface area (Å²) in [6, 6.07) is 33.9. The van der Waals surface area contributed by atoms with Crippen molar-refractivity contribution in [2.24, 2.45) is 0 Å². The molecule has 0 N–H and O–H groups in total. The standard InChI is InChI=1S/C13H9.C9H7.C2H4.2CH3.Ti/c1-3-7-12-10(5-1)9-11-6-2-4-8-13(11)12;1-2-5-9-7-3-6-8(9)4-1;1-2;;;/h1-9H;1-7H;1H,2H3;2*1H3;/q2*-1;;2*-1;. The third-order valence-electron chi connectivity index (χ3n) is 4.07. The van der Waals surface area contributed by atoms with Gasteiger partial charge in [0.2, 0.25) is 0 Å². The Morgan fingerprint density at radius 1 is 0.667 bits per heavy atom. The minimum Gasteiger partial charge on any atom is -0.358 e. The van der Waals surface area contributed by atoms with Crippen molar-refractivity contribution in [2.45, 2.75) is 6.92 Å². The molecule has 0 aliphatic rings. The molecule has 0 radical (unpaired) electrons. The van der Waals surface area contributed by atoms with E-state index in [9.17, 15) is 0 Å². The molecule has 0 aliphatic heterocycles. The molecule has 5 rings (SSSR count). The maximum atomic E-state index is 2.24. The largest absolute Gasteiger partial charge is 0.358 e. The predicted molar refractivity (Wildman–Crippen MR) is 121 cm³/mol. The summed E-state index contributed by atoms with van der Waals surface area (Å²) in [6.45, 7) is 2.00. The van der Waals surface area contributed by atoms with Gasteiger partial charge in [-0.2, -0.15) is 17.5 Å². The zero-order valence-electron chi connectivity index (χ0n) is 16.3. The van der Waals surface area contributed by atoms with Gasteiger partial charge in [0, 0.05) is 0 Å². The van der Waals surface area contributed by atoms with Crippen molar-refractivity contribution in [3.05, 3.63) is 112 Å². The quantitative estimate of drug-likeness (QED) is 0.191. The summed E-state index contributed by atoms with van der Waals surface area (Å²) >= 11 is 2.00.